The van der Waals surface area contributed by atoms with Gasteiger partial charge < -0.3 is 10.2 Å². The number of rotatable bonds is 4. The van der Waals surface area contributed by atoms with Crippen LogP contribution in [0.5, 0.6) is 0 Å². The minimum atomic E-state index is -0.213. The van der Waals surface area contributed by atoms with Gasteiger partial charge in [-0.1, -0.05) is 6.08 Å². The summed E-state index contributed by atoms with van der Waals surface area (Å²) in [5, 5.41) is 4.72. The van der Waals surface area contributed by atoms with Crippen LogP contribution in [0.1, 0.15) is 22.7 Å². The minimum absolute atomic E-state index is 0.0850. The summed E-state index contributed by atoms with van der Waals surface area (Å²) in [7, 11) is 0. The highest BCUT2D eigenvalue weighted by Gasteiger charge is 2.51. The fourth-order valence-corrected chi connectivity index (χ4v) is 3.92. The highest BCUT2D eigenvalue weighted by atomic mass is 32.1. The van der Waals surface area contributed by atoms with Crippen molar-refractivity contribution in [3.63, 3.8) is 0 Å². The number of urea groups is 1. The van der Waals surface area contributed by atoms with Crippen LogP contribution in [-0.2, 0) is 4.84 Å². The van der Waals surface area contributed by atoms with Crippen molar-refractivity contribution in [3.8, 4) is 0 Å². The van der Waals surface area contributed by atoms with E-state index in [9.17, 15) is 4.79 Å². The summed E-state index contributed by atoms with van der Waals surface area (Å²) >= 11 is 1.57. The Morgan fingerprint density at radius 1 is 1.62 bits per heavy atom. The first-order chi connectivity index (χ1) is 10.3. The Labute approximate surface area is 125 Å². The molecule has 3 aliphatic rings. The smallest absolute Gasteiger partial charge is 0.345 e. The van der Waals surface area contributed by atoms with E-state index in [1.165, 1.54) is 5.06 Å². The Balaban J connectivity index is 1.74. The third-order valence-electron chi connectivity index (χ3n) is 3.87. The predicted molar refractivity (Wildman–Crippen MR) is 78.0 cm³/mol. The summed E-state index contributed by atoms with van der Waals surface area (Å²) in [5.74, 6) is 0.833. The van der Waals surface area contributed by atoms with E-state index in [1.54, 1.807) is 22.3 Å². The van der Waals surface area contributed by atoms with Gasteiger partial charge >= 0.3 is 6.03 Å². The predicted octanol–water partition coefficient (Wildman–Crippen LogP) is 1.10. The van der Waals surface area contributed by atoms with Crippen molar-refractivity contribution in [3.05, 3.63) is 28.7 Å². The molecule has 1 aromatic heterocycles. The van der Waals surface area contributed by atoms with Crippen molar-refractivity contribution in [2.45, 2.75) is 12.1 Å². The van der Waals surface area contributed by atoms with Gasteiger partial charge in [0.1, 0.15) is 17.9 Å². The van der Waals surface area contributed by atoms with Gasteiger partial charge in [-0.2, -0.15) is 5.06 Å². The van der Waals surface area contributed by atoms with Crippen LogP contribution in [0, 0.1) is 0 Å². The number of nitrogens with zero attached hydrogens (tertiary/aromatic N) is 4. The average molecular weight is 305 g/mol. The first kappa shape index (κ1) is 12.8. The lowest BCUT2D eigenvalue weighted by Gasteiger charge is -2.29. The molecular formula is C13H15N5O2S. The van der Waals surface area contributed by atoms with Gasteiger partial charge in [0.15, 0.2) is 0 Å². The van der Waals surface area contributed by atoms with Gasteiger partial charge in [0, 0.05) is 6.54 Å². The van der Waals surface area contributed by atoms with Crippen LogP contribution in [0.3, 0.4) is 0 Å². The second-order valence-electron chi connectivity index (χ2n) is 5.06. The number of hydrogen-bond acceptors (Lipinski definition) is 6. The lowest BCUT2D eigenvalue weighted by Crippen LogP contribution is -2.42. The average Bonchev–Trinajstić information content (AvgIpc) is 3.21. The number of amidine groups is 1. The van der Waals surface area contributed by atoms with Gasteiger partial charge in [0.2, 0.25) is 0 Å². The Bertz CT molecular complexity index is 628. The Hall–Kier alpha value is -1.93. The van der Waals surface area contributed by atoms with Crippen LogP contribution in [0.25, 0.3) is 0 Å². The van der Waals surface area contributed by atoms with E-state index >= 15 is 0 Å². The van der Waals surface area contributed by atoms with Gasteiger partial charge in [-0.05, 0) is 0 Å². The highest BCUT2D eigenvalue weighted by molar-refractivity contribution is 7.09. The minimum Gasteiger partial charge on any atom is -0.370 e. The third kappa shape index (κ3) is 1.79. The van der Waals surface area contributed by atoms with E-state index < -0.39 is 0 Å². The zero-order chi connectivity index (χ0) is 14.4. The van der Waals surface area contributed by atoms with Crippen LogP contribution in [0.4, 0.5) is 4.79 Å². The Kier molecular flexibility index (Phi) is 2.93. The van der Waals surface area contributed by atoms with Crippen molar-refractivity contribution in [1.29, 1.82) is 0 Å². The van der Waals surface area contributed by atoms with Crippen molar-refractivity contribution in [2.24, 2.45) is 4.99 Å². The van der Waals surface area contributed by atoms with E-state index in [1.807, 2.05) is 5.51 Å². The largest absolute Gasteiger partial charge is 0.370 e. The molecule has 0 aliphatic carbocycles. The summed E-state index contributed by atoms with van der Waals surface area (Å²) in [5.41, 5.74) is 2.74. The van der Waals surface area contributed by atoms with E-state index in [4.69, 9.17) is 4.84 Å². The van der Waals surface area contributed by atoms with Gasteiger partial charge in [-0.3, -0.25) is 9.83 Å². The maximum Gasteiger partial charge on any atom is 0.345 e. The number of thiazole rings is 1. The summed E-state index contributed by atoms with van der Waals surface area (Å²) in [6.07, 6.45) is 1.64. The summed E-state index contributed by atoms with van der Waals surface area (Å²) < 4.78 is 0. The monoisotopic (exact) mass is 305 g/mol. The van der Waals surface area contributed by atoms with Crippen LogP contribution in [-0.4, -0.2) is 53.1 Å². The van der Waals surface area contributed by atoms with Crippen molar-refractivity contribution < 1.29 is 9.63 Å². The first-order valence-electron chi connectivity index (χ1n) is 6.86. The molecule has 2 bridgehead atoms. The molecule has 1 fully saturated rings. The summed E-state index contributed by atoms with van der Waals surface area (Å²) in [6, 6.07) is -0.429. The third-order valence-corrected chi connectivity index (χ3v) is 4.82. The van der Waals surface area contributed by atoms with Crippen LogP contribution in [0.15, 0.2) is 23.2 Å². The number of aromatic nitrogens is 1. The normalized spacial score (nSPS) is 26.7. The second-order valence-corrected chi connectivity index (χ2v) is 5.95. The molecule has 1 aromatic rings. The zero-order valence-electron chi connectivity index (χ0n) is 11.4. The van der Waals surface area contributed by atoms with Gasteiger partial charge in [0.05, 0.1) is 35.8 Å². The molecule has 0 aromatic carbocycles. The zero-order valence-corrected chi connectivity index (χ0v) is 12.2. The molecule has 0 radical (unpaired) electrons. The van der Waals surface area contributed by atoms with Crippen molar-refractivity contribution >= 4 is 23.2 Å². The molecule has 4 rings (SSSR count). The number of hydrogen-bond donors (Lipinski definition) is 1. The first-order valence-corrected chi connectivity index (χ1v) is 7.74. The molecule has 4 heterocycles. The summed E-state index contributed by atoms with van der Waals surface area (Å²) in [6.45, 7) is 6.11. The molecule has 2 amide bonds. The maximum absolute atomic E-state index is 12.6. The molecule has 0 saturated carbocycles. The number of amides is 2. The van der Waals surface area contributed by atoms with E-state index in [0.29, 0.717) is 13.2 Å². The number of carbonyl (C=O) groups excluding carboxylic acids is 1. The lowest BCUT2D eigenvalue weighted by atomic mass is 10.0. The molecule has 7 nitrogen and oxygen atoms in total. The fourth-order valence-electron chi connectivity index (χ4n) is 3.02. The van der Waals surface area contributed by atoms with E-state index in [0.717, 1.165) is 29.5 Å². The quantitative estimate of drug-likeness (QED) is 0.846. The molecule has 3 aliphatic heterocycles. The molecule has 0 unspecified atom stereocenters. The number of carbonyl (C=O) groups is 1. The Morgan fingerprint density at radius 3 is 3.29 bits per heavy atom. The molecule has 21 heavy (non-hydrogen) atoms. The van der Waals surface area contributed by atoms with Gasteiger partial charge in [0.25, 0.3) is 0 Å². The van der Waals surface area contributed by atoms with Crippen molar-refractivity contribution in [1.82, 2.24) is 20.3 Å². The topological polar surface area (TPSA) is 70.1 Å². The maximum atomic E-state index is 12.6. The molecule has 1 N–H and O–H groups in total. The standard InChI is InChI=1S/C13H15N5O2S/c1-2-5-20-18-8-6-17(13(18)19)10(12-14-3-4-15-12)9-11(8)21-7-16-9/h2,7-8,10H,1,3-6H2,(H,14,15)/t8-,10-/m0/s1. The van der Waals surface area contributed by atoms with Crippen LogP contribution >= 0.6 is 11.3 Å². The highest BCUT2D eigenvalue weighted by Crippen LogP contribution is 2.45. The van der Waals surface area contributed by atoms with Crippen LogP contribution < -0.4 is 5.32 Å². The number of fused-ring (bicyclic) bond motifs is 4. The van der Waals surface area contributed by atoms with E-state index in [2.05, 4.69) is 21.9 Å². The second kappa shape index (κ2) is 4.81. The molecule has 2 atom stereocenters. The lowest BCUT2D eigenvalue weighted by molar-refractivity contribution is -0.118. The number of hydroxylamine groups is 2. The summed E-state index contributed by atoms with van der Waals surface area (Å²) in [4.78, 5) is 30.0. The SMILES string of the molecule is C=CCON1C(=O)N2C[C@H]1c1scnc1[C@H]2C1=NCCN1. The van der Waals surface area contributed by atoms with E-state index in [-0.39, 0.29) is 18.1 Å². The fraction of sp³-hybridized carbons (Fsp3) is 0.462. The van der Waals surface area contributed by atoms with Crippen LogP contribution in [0.2, 0.25) is 0 Å². The molecule has 1 saturated heterocycles. The van der Waals surface area contributed by atoms with Gasteiger partial charge in [-0.15, -0.1) is 17.9 Å². The molecule has 110 valence electrons. The Morgan fingerprint density at radius 2 is 2.52 bits per heavy atom. The number of aliphatic imine (C=N–C) groups is 1. The number of nitrogens with one attached hydrogen (secondary N) is 1. The molecular weight excluding hydrogens is 290 g/mol. The molecule has 0 spiro atoms. The molecule has 8 heteroatoms. The van der Waals surface area contributed by atoms with Gasteiger partial charge in [-0.25, -0.2) is 9.78 Å². The van der Waals surface area contributed by atoms with Crippen molar-refractivity contribution in [2.75, 3.05) is 26.2 Å².